The first kappa shape index (κ1) is 23.5. The van der Waals surface area contributed by atoms with Crippen LogP contribution in [0.3, 0.4) is 0 Å². The number of esters is 1. The molecule has 0 spiro atoms. The largest absolute Gasteiger partial charge is 0.460 e. The van der Waals surface area contributed by atoms with Crippen molar-refractivity contribution in [3.63, 3.8) is 0 Å². The molecule has 35 heavy (non-hydrogen) atoms. The average Bonchev–Trinajstić information content (AvgIpc) is 3.43. The van der Waals surface area contributed by atoms with Crippen molar-refractivity contribution in [3.05, 3.63) is 94.8 Å². The van der Waals surface area contributed by atoms with Gasteiger partial charge in [0.15, 0.2) is 0 Å². The van der Waals surface area contributed by atoms with Gasteiger partial charge in [0.25, 0.3) is 0 Å². The highest BCUT2D eigenvalue weighted by Crippen LogP contribution is 2.37. The molecule has 3 aromatic rings. The predicted molar refractivity (Wildman–Crippen MR) is 125 cm³/mol. The van der Waals surface area contributed by atoms with Gasteiger partial charge in [-0.25, -0.2) is 17.6 Å². The lowest BCUT2D eigenvalue weighted by Gasteiger charge is -2.28. The molecule has 1 fully saturated rings. The Morgan fingerprint density at radius 2 is 1.74 bits per heavy atom. The lowest BCUT2D eigenvalue weighted by Crippen LogP contribution is -2.27. The molecule has 0 aromatic heterocycles. The van der Waals surface area contributed by atoms with Crippen molar-refractivity contribution in [1.82, 2.24) is 4.31 Å². The van der Waals surface area contributed by atoms with Crippen molar-refractivity contribution in [1.29, 1.82) is 0 Å². The number of rotatable bonds is 6. The molecule has 7 nitrogen and oxygen atoms in total. The summed E-state index contributed by atoms with van der Waals surface area (Å²) in [4.78, 5) is 12.8. The minimum atomic E-state index is -3.57. The molecule has 0 N–H and O–H groups in total. The number of benzene rings is 3. The number of fused-ring (bicyclic) bond motifs is 1. The number of hydrogen-bond donors (Lipinski definition) is 0. The Kier molecular flexibility index (Phi) is 6.55. The van der Waals surface area contributed by atoms with E-state index in [0.717, 1.165) is 18.4 Å². The van der Waals surface area contributed by atoms with E-state index in [1.807, 2.05) is 30.3 Å². The van der Waals surface area contributed by atoms with Crippen LogP contribution in [-0.2, 0) is 32.7 Å². The summed E-state index contributed by atoms with van der Waals surface area (Å²) in [6.07, 6.45) is 1.03. The second kappa shape index (κ2) is 9.77. The Bertz CT molecular complexity index is 1320. The van der Waals surface area contributed by atoms with Gasteiger partial charge in [-0.15, -0.1) is 0 Å². The SMILES string of the molecule is O=C(OCc1cc(F)cc2c1O[C@H](c1ccccc1)OC2)c1ccc(S(=O)(=O)N2CCCC2)cc1. The molecule has 2 aliphatic heterocycles. The summed E-state index contributed by atoms with van der Waals surface area (Å²) in [5.41, 5.74) is 1.92. The van der Waals surface area contributed by atoms with Crippen molar-refractivity contribution < 1.29 is 31.8 Å². The molecule has 2 aliphatic rings. The fourth-order valence-corrected chi connectivity index (χ4v) is 5.74. The molecule has 9 heteroatoms. The maximum Gasteiger partial charge on any atom is 0.338 e. The molecular weight excluding hydrogens is 473 g/mol. The van der Waals surface area contributed by atoms with E-state index in [4.69, 9.17) is 14.2 Å². The average molecular weight is 498 g/mol. The number of ether oxygens (including phenoxy) is 3. The summed E-state index contributed by atoms with van der Waals surface area (Å²) in [5, 5.41) is 0. The topological polar surface area (TPSA) is 82.1 Å². The van der Waals surface area contributed by atoms with Crippen LogP contribution >= 0.6 is 0 Å². The second-order valence-corrected chi connectivity index (χ2v) is 10.4. The van der Waals surface area contributed by atoms with Crippen LogP contribution in [0.15, 0.2) is 71.6 Å². The zero-order valence-corrected chi connectivity index (χ0v) is 19.7. The van der Waals surface area contributed by atoms with Gasteiger partial charge >= 0.3 is 5.97 Å². The molecule has 0 radical (unpaired) electrons. The predicted octanol–water partition coefficient (Wildman–Crippen LogP) is 4.58. The molecule has 5 rings (SSSR count). The summed E-state index contributed by atoms with van der Waals surface area (Å²) in [6, 6.07) is 17.6. The standard InChI is InChI=1S/C26H24FNO6S/c27-22-14-20(24-21(15-22)17-33-26(34-24)19-6-2-1-3-7-19)16-32-25(29)18-8-10-23(11-9-18)35(30,31)28-12-4-5-13-28/h1-3,6-11,14-15,26H,4-5,12-13,16-17H2/t26-/m1/s1. The van der Waals surface area contributed by atoms with Crippen molar-refractivity contribution in [3.8, 4) is 5.75 Å². The first-order chi connectivity index (χ1) is 16.9. The van der Waals surface area contributed by atoms with Gasteiger partial charge in [-0.3, -0.25) is 0 Å². The number of hydrogen-bond acceptors (Lipinski definition) is 6. The molecule has 1 saturated heterocycles. The molecule has 0 saturated carbocycles. The highest BCUT2D eigenvalue weighted by atomic mass is 32.2. The number of halogens is 1. The van der Waals surface area contributed by atoms with Crippen LogP contribution < -0.4 is 4.74 Å². The van der Waals surface area contributed by atoms with Gasteiger partial charge in [0.05, 0.1) is 17.1 Å². The van der Waals surface area contributed by atoms with Crippen LogP contribution in [0.1, 0.15) is 46.2 Å². The molecule has 0 amide bonds. The number of carbonyl (C=O) groups excluding carboxylic acids is 1. The highest BCUT2D eigenvalue weighted by molar-refractivity contribution is 7.89. The van der Waals surface area contributed by atoms with Crippen LogP contribution in [0, 0.1) is 5.82 Å². The lowest BCUT2D eigenvalue weighted by atomic mass is 10.1. The van der Waals surface area contributed by atoms with E-state index in [9.17, 15) is 17.6 Å². The summed E-state index contributed by atoms with van der Waals surface area (Å²) in [5.74, 6) is -0.720. The number of carbonyl (C=O) groups is 1. The van der Waals surface area contributed by atoms with Crippen molar-refractivity contribution in [2.75, 3.05) is 13.1 Å². The Morgan fingerprint density at radius 3 is 2.46 bits per heavy atom. The summed E-state index contributed by atoms with van der Waals surface area (Å²) < 4.78 is 58.1. The van der Waals surface area contributed by atoms with Gasteiger partial charge in [-0.05, 0) is 49.2 Å². The minimum absolute atomic E-state index is 0.135. The van der Waals surface area contributed by atoms with Crippen LogP contribution in [0.5, 0.6) is 5.75 Å². The van der Waals surface area contributed by atoms with Crippen LogP contribution in [-0.4, -0.2) is 31.8 Å². The van der Waals surface area contributed by atoms with Crippen LogP contribution in [0.4, 0.5) is 4.39 Å². The van der Waals surface area contributed by atoms with E-state index in [1.165, 1.54) is 40.7 Å². The summed E-state index contributed by atoms with van der Waals surface area (Å²) >= 11 is 0. The zero-order chi connectivity index (χ0) is 24.4. The van der Waals surface area contributed by atoms with Crippen molar-refractivity contribution in [2.45, 2.75) is 37.2 Å². The van der Waals surface area contributed by atoms with Gasteiger partial charge in [-0.2, -0.15) is 4.31 Å². The molecule has 2 heterocycles. The molecular formula is C26H24FNO6S. The molecule has 0 aliphatic carbocycles. The van der Waals surface area contributed by atoms with E-state index in [-0.39, 0.29) is 23.7 Å². The third-order valence-electron chi connectivity index (χ3n) is 6.05. The van der Waals surface area contributed by atoms with Gasteiger partial charge < -0.3 is 14.2 Å². The van der Waals surface area contributed by atoms with E-state index in [2.05, 4.69) is 0 Å². The smallest absolute Gasteiger partial charge is 0.338 e. The van der Waals surface area contributed by atoms with E-state index >= 15 is 0 Å². The van der Waals surface area contributed by atoms with E-state index < -0.39 is 28.1 Å². The molecule has 1 atom stereocenters. The third kappa shape index (κ3) is 4.93. The Morgan fingerprint density at radius 1 is 1.03 bits per heavy atom. The summed E-state index contributed by atoms with van der Waals surface area (Å²) in [6.45, 7) is 0.944. The first-order valence-electron chi connectivity index (χ1n) is 11.3. The lowest BCUT2D eigenvalue weighted by molar-refractivity contribution is -0.112. The minimum Gasteiger partial charge on any atom is -0.460 e. The monoisotopic (exact) mass is 497 g/mol. The molecule has 0 unspecified atom stereocenters. The van der Waals surface area contributed by atoms with Gasteiger partial charge in [0.2, 0.25) is 16.3 Å². The Balaban J connectivity index is 1.29. The quantitative estimate of drug-likeness (QED) is 0.464. The van der Waals surface area contributed by atoms with Crippen molar-refractivity contribution in [2.24, 2.45) is 0 Å². The second-order valence-electron chi connectivity index (χ2n) is 8.44. The Labute approximate surface area is 203 Å². The van der Waals surface area contributed by atoms with E-state index in [1.54, 1.807) is 0 Å². The maximum atomic E-state index is 14.2. The third-order valence-corrected chi connectivity index (χ3v) is 7.96. The van der Waals surface area contributed by atoms with Gasteiger partial charge in [-0.1, -0.05) is 30.3 Å². The molecule has 3 aromatic carbocycles. The van der Waals surface area contributed by atoms with Crippen molar-refractivity contribution >= 4 is 16.0 Å². The fourth-order valence-electron chi connectivity index (χ4n) is 4.23. The summed E-state index contributed by atoms with van der Waals surface area (Å²) in [7, 11) is -3.57. The van der Waals surface area contributed by atoms with E-state index in [0.29, 0.717) is 30.0 Å². The highest BCUT2D eigenvalue weighted by Gasteiger charge is 2.28. The zero-order valence-electron chi connectivity index (χ0n) is 18.9. The number of nitrogens with zero attached hydrogens (tertiary/aromatic N) is 1. The first-order valence-corrected chi connectivity index (χ1v) is 12.8. The Hall–Kier alpha value is -3.27. The van der Waals surface area contributed by atoms with Gasteiger partial charge in [0.1, 0.15) is 18.2 Å². The molecule has 182 valence electrons. The van der Waals surface area contributed by atoms with Crippen LogP contribution in [0.2, 0.25) is 0 Å². The number of sulfonamides is 1. The van der Waals surface area contributed by atoms with Crippen LogP contribution in [0.25, 0.3) is 0 Å². The normalized spacial score (nSPS) is 18.0. The molecule has 0 bridgehead atoms. The fraction of sp³-hybridized carbons (Fsp3) is 0.269. The maximum absolute atomic E-state index is 14.2. The van der Waals surface area contributed by atoms with Gasteiger partial charge in [0, 0.05) is 29.8 Å².